The topological polar surface area (TPSA) is 54.0 Å². The lowest BCUT2D eigenvalue weighted by molar-refractivity contribution is -0.117. The normalized spacial score (nSPS) is 18.0. The van der Waals surface area contributed by atoms with Gasteiger partial charge in [0.25, 0.3) is 0 Å². The number of amides is 1. The van der Waals surface area contributed by atoms with Crippen LogP contribution in [0.15, 0.2) is 30.5 Å². The molecule has 0 bridgehead atoms. The monoisotopic (exact) mass is 397 g/mol. The van der Waals surface area contributed by atoms with Crippen molar-refractivity contribution in [1.82, 2.24) is 10.3 Å². The van der Waals surface area contributed by atoms with Crippen molar-refractivity contribution in [2.45, 2.75) is 32.6 Å². The Labute approximate surface area is 164 Å². The third-order valence-electron chi connectivity index (χ3n) is 4.71. The van der Waals surface area contributed by atoms with Gasteiger partial charge in [0.15, 0.2) is 5.13 Å². The van der Waals surface area contributed by atoms with E-state index in [0.717, 1.165) is 23.5 Å². The Balaban J connectivity index is 0.00000243. The van der Waals surface area contributed by atoms with Gasteiger partial charge in [-0.25, -0.2) is 9.37 Å². The number of thiazole rings is 1. The quantitative estimate of drug-likeness (QED) is 0.765. The molecule has 2 N–H and O–H groups in total. The van der Waals surface area contributed by atoms with E-state index in [1.54, 1.807) is 12.3 Å². The van der Waals surface area contributed by atoms with E-state index in [1.807, 2.05) is 6.07 Å². The Morgan fingerprint density at radius 1 is 1.50 bits per heavy atom. The van der Waals surface area contributed by atoms with Crippen LogP contribution in [0.25, 0.3) is 0 Å². The maximum absolute atomic E-state index is 13.2. The molecule has 1 aromatic carbocycles. The number of nitrogens with one attached hydrogen (secondary N) is 2. The molecule has 0 aliphatic carbocycles. The highest BCUT2D eigenvalue weighted by atomic mass is 35.5. The molecule has 7 heteroatoms. The van der Waals surface area contributed by atoms with Crippen LogP contribution in [0.4, 0.5) is 9.52 Å². The number of rotatable bonds is 6. The van der Waals surface area contributed by atoms with Crippen molar-refractivity contribution in [2.24, 2.45) is 11.8 Å². The van der Waals surface area contributed by atoms with E-state index >= 15 is 0 Å². The molecule has 3 rings (SSSR count). The van der Waals surface area contributed by atoms with Crippen LogP contribution < -0.4 is 10.6 Å². The van der Waals surface area contributed by atoms with Crippen LogP contribution in [0.1, 0.15) is 36.6 Å². The summed E-state index contributed by atoms with van der Waals surface area (Å²) in [5, 5.41) is 6.92. The molecule has 1 saturated heterocycles. The van der Waals surface area contributed by atoms with Crippen LogP contribution in [0.2, 0.25) is 0 Å². The molecule has 1 aliphatic heterocycles. The van der Waals surface area contributed by atoms with Crippen molar-refractivity contribution in [3.63, 3.8) is 0 Å². The summed E-state index contributed by atoms with van der Waals surface area (Å²) in [5.74, 6) is 0.713. The van der Waals surface area contributed by atoms with E-state index in [0.29, 0.717) is 29.8 Å². The van der Waals surface area contributed by atoms with Crippen LogP contribution in [-0.4, -0.2) is 24.0 Å². The zero-order valence-corrected chi connectivity index (χ0v) is 16.5. The van der Waals surface area contributed by atoms with Gasteiger partial charge in [0.1, 0.15) is 5.82 Å². The number of benzene rings is 1. The first-order valence-electron chi connectivity index (χ1n) is 8.80. The molecule has 1 aliphatic rings. The second-order valence-electron chi connectivity index (χ2n) is 6.77. The summed E-state index contributed by atoms with van der Waals surface area (Å²) in [6, 6.07) is 6.56. The van der Waals surface area contributed by atoms with Crippen LogP contribution in [0.5, 0.6) is 0 Å². The summed E-state index contributed by atoms with van der Waals surface area (Å²) in [6.45, 7) is 4.24. The molecule has 2 heterocycles. The summed E-state index contributed by atoms with van der Waals surface area (Å²) in [5.41, 5.74) is 0.903. The van der Waals surface area contributed by atoms with E-state index in [1.165, 1.54) is 36.3 Å². The summed E-state index contributed by atoms with van der Waals surface area (Å²) < 4.78 is 13.2. The average molecular weight is 398 g/mol. The first-order valence-corrected chi connectivity index (χ1v) is 9.61. The first kappa shape index (κ1) is 20.8. The molecule has 1 aromatic heterocycles. The maximum Gasteiger partial charge on any atom is 0.226 e. The predicted octanol–water partition coefficient (Wildman–Crippen LogP) is 4.26. The number of halogens is 2. The minimum atomic E-state index is -0.235. The summed E-state index contributed by atoms with van der Waals surface area (Å²) in [6.07, 6.45) is 5.27. The molecule has 1 amide bonds. The van der Waals surface area contributed by atoms with E-state index in [9.17, 15) is 9.18 Å². The van der Waals surface area contributed by atoms with Gasteiger partial charge in [0.05, 0.1) is 0 Å². The Morgan fingerprint density at radius 3 is 3.08 bits per heavy atom. The van der Waals surface area contributed by atoms with Crippen molar-refractivity contribution < 1.29 is 9.18 Å². The van der Waals surface area contributed by atoms with Gasteiger partial charge in [0, 0.05) is 23.9 Å². The Hall–Kier alpha value is -1.50. The number of aromatic nitrogens is 1. The molecule has 0 spiro atoms. The van der Waals surface area contributed by atoms with E-state index in [2.05, 4.69) is 22.5 Å². The molecule has 2 atom stereocenters. The van der Waals surface area contributed by atoms with Crippen molar-refractivity contribution in [3.05, 3.63) is 46.7 Å². The SMILES string of the molecule is CC(CC(=O)Nc1ncc(Cc2cccc(F)c2)s1)C1CCCNC1.Cl. The second-order valence-corrected chi connectivity index (χ2v) is 7.89. The van der Waals surface area contributed by atoms with Gasteiger partial charge in [-0.2, -0.15) is 0 Å². The van der Waals surface area contributed by atoms with Crippen molar-refractivity contribution >= 4 is 34.8 Å². The van der Waals surface area contributed by atoms with Crippen LogP contribution >= 0.6 is 23.7 Å². The average Bonchev–Trinajstić information content (AvgIpc) is 3.02. The zero-order valence-electron chi connectivity index (χ0n) is 14.8. The fourth-order valence-electron chi connectivity index (χ4n) is 3.29. The summed E-state index contributed by atoms with van der Waals surface area (Å²) in [7, 11) is 0. The van der Waals surface area contributed by atoms with Gasteiger partial charge < -0.3 is 10.6 Å². The number of carbonyl (C=O) groups is 1. The molecule has 4 nitrogen and oxygen atoms in total. The van der Waals surface area contributed by atoms with E-state index in [-0.39, 0.29) is 24.1 Å². The third kappa shape index (κ3) is 6.04. The van der Waals surface area contributed by atoms with Gasteiger partial charge in [-0.05, 0) is 55.5 Å². The van der Waals surface area contributed by atoms with Crippen molar-refractivity contribution in [3.8, 4) is 0 Å². The summed E-state index contributed by atoms with van der Waals surface area (Å²) >= 11 is 1.45. The maximum atomic E-state index is 13.2. The fourth-order valence-corrected chi connectivity index (χ4v) is 4.15. The van der Waals surface area contributed by atoms with Crippen molar-refractivity contribution in [2.75, 3.05) is 18.4 Å². The molecule has 142 valence electrons. The second kappa shape index (κ2) is 10.00. The molecule has 0 saturated carbocycles. The van der Waals surface area contributed by atoms with Crippen LogP contribution in [0, 0.1) is 17.7 Å². The molecular formula is C19H25ClFN3OS. The fraction of sp³-hybridized carbons (Fsp3) is 0.474. The highest BCUT2D eigenvalue weighted by molar-refractivity contribution is 7.15. The standard InChI is InChI=1S/C19H24FN3OS.ClH/c1-13(15-5-3-7-21-11-15)8-18(24)23-19-22-12-17(25-19)10-14-4-2-6-16(20)9-14;/h2,4,6,9,12-13,15,21H,3,5,7-8,10-11H2,1H3,(H,22,23,24);1H. The molecule has 26 heavy (non-hydrogen) atoms. The number of hydrogen-bond donors (Lipinski definition) is 2. The number of carbonyl (C=O) groups excluding carboxylic acids is 1. The largest absolute Gasteiger partial charge is 0.316 e. The Morgan fingerprint density at radius 2 is 2.35 bits per heavy atom. The highest BCUT2D eigenvalue weighted by Crippen LogP contribution is 2.25. The van der Waals surface area contributed by atoms with Gasteiger partial charge in [0.2, 0.25) is 5.91 Å². The molecule has 2 unspecified atom stereocenters. The highest BCUT2D eigenvalue weighted by Gasteiger charge is 2.22. The lowest BCUT2D eigenvalue weighted by Gasteiger charge is -2.27. The lowest BCUT2D eigenvalue weighted by Crippen LogP contribution is -2.34. The minimum Gasteiger partial charge on any atom is -0.316 e. The van der Waals surface area contributed by atoms with Gasteiger partial charge in [-0.1, -0.05) is 19.1 Å². The zero-order chi connectivity index (χ0) is 17.6. The van der Waals surface area contributed by atoms with Gasteiger partial charge >= 0.3 is 0 Å². The smallest absolute Gasteiger partial charge is 0.226 e. The van der Waals surface area contributed by atoms with E-state index in [4.69, 9.17) is 0 Å². The Kier molecular flexibility index (Phi) is 8.00. The molecular weight excluding hydrogens is 373 g/mol. The van der Waals surface area contributed by atoms with Crippen LogP contribution in [-0.2, 0) is 11.2 Å². The molecule has 2 aromatic rings. The van der Waals surface area contributed by atoms with Crippen molar-refractivity contribution in [1.29, 1.82) is 0 Å². The molecule has 0 radical (unpaired) electrons. The minimum absolute atomic E-state index is 0. The number of anilines is 1. The first-order chi connectivity index (χ1) is 12.1. The third-order valence-corrected chi connectivity index (χ3v) is 5.63. The number of piperidine rings is 1. The number of nitrogens with zero attached hydrogens (tertiary/aromatic N) is 1. The Bertz CT molecular complexity index is 718. The number of hydrogen-bond acceptors (Lipinski definition) is 4. The summed E-state index contributed by atoms with van der Waals surface area (Å²) in [4.78, 5) is 17.5. The van der Waals surface area contributed by atoms with E-state index < -0.39 is 0 Å². The predicted molar refractivity (Wildman–Crippen MR) is 107 cm³/mol. The molecule has 1 fully saturated rings. The van der Waals surface area contributed by atoms with Gasteiger partial charge in [-0.3, -0.25) is 4.79 Å². The lowest BCUT2D eigenvalue weighted by atomic mass is 9.85. The van der Waals surface area contributed by atoms with Crippen LogP contribution in [0.3, 0.4) is 0 Å². The van der Waals surface area contributed by atoms with Gasteiger partial charge in [-0.15, -0.1) is 23.7 Å².